The monoisotopic (exact) mass is 1380 g/mol. The average molecular weight is 1380 g/mol. The summed E-state index contributed by atoms with van der Waals surface area (Å²) in [5.41, 5.74) is 26.1. The van der Waals surface area contributed by atoms with Crippen LogP contribution in [0.25, 0.3) is 210 Å². The summed E-state index contributed by atoms with van der Waals surface area (Å²) in [5.74, 6) is 0.537. The van der Waals surface area contributed by atoms with E-state index in [2.05, 4.69) is 261 Å². The second kappa shape index (κ2) is 23.3. The van der Waals surface area contributed by atoms with E-state index in [-0.39, 0.29) is 0 Å². The van der Waals surface area contributed by atoms with Crippen LogP contribution in [0.5, 0.6) is 0 Å². The summed E-state index contributed by atoms with van der Waals surface area (Å²) in [5, 5.41) is 42.1. The Balaban J connectivity index is 0.625. The van der Waals surface area contributed by atoms with E-state index in [0.29, 0.717) is 28.2 Å². The first-order chi connectivity index (χ1) is 53.3. The predicted octanol–water partition coefficient (Wildman–Crippen LogP) is 24.6. The van der Waals surface area contributed by atoms with Gasteiger partial charge in [0.2, 0.25) is 0 Å². The first-order valence-electron chi connectivity index (χ1n) is 35.8. The lowest BCUT2D eigenvalue weighted by Gasteiger charge is -2.10. The van der Waals surface area contributed by atoms with Gasteiger partial charge >= 0.3 is 0 Å². The topological polar surface area (TPSA) is 143 Å². The smallest absolute Gasteiger partial charge is 0.160 e. The number of nitrogens with zero attached hydrogens (tertiary/aromatic N) is 9. The Morgan fingerprint density at radius 1 is 0.213 bits per heavy atom. The molecule has 0 unspecified atom stereocenters. The minimum atomic E-state index is 0.537. The van der Waals surface area contributed by atoms with Crippen LogP contribution in [0.1, 0.15) is 16.7 Å². The van der Waals surface area contributed by atoms with Crippen LogP contribution in [-0.2, 0) is 0 Å². The molecule has 108 heavy (non-hydrogen) atoms. The highest BCUT2D eigenvalue weighted by atomic mass is 16.3. The number of hydrogen-bond acceptors (Lipinski definition) is 7. The second-order valence-corrected chi connectivity index (χ2v) is 27.8. The van der Waals surface area contributed by atoms with Gasteiger partial charge < -0.3 is 27.1 Å². The van der Waals surface area contributed by atoms with Gasteiger partial charge in [0, 0.05) is 104 Å². The highest BCUT2D eigenvalue weighted by molar-refractivity contribution is 6.16. The molecule has 0 spiro atoms. The van der Waals surface area contributed by atoms with Crippen LogP contribution >= 0.6 is 0 Å². The van der Waals surface area contributed by atoms with Crippen molar-refractivity contribution in [3.8, 4) is 97.1 Å². The Morgan fingerprint density at radius 2 is 0.481 bits per heavy atom. The molecule has 0 fully saturated rings. The highest BCUT2D eigenvalue weighted by Crippen LogP contribution is 2.44. The van der Waals surface area contributed by atoms with Crippen molar-refractivity contribution in [1.29, 1.82) is 15.8 Å². The maximum Gasteiger partial charge on any atom is 0.160 e. The number of aromatic nitrogens is 6. The van der Waals surface area contributed by atoms with E-state index in [1.165, 1.54) is 0 Å². The molecule has 11 nitrogen and oxygen atoms in total. The molecule has 22 aromatic rings. The third-order valence-corrected chi connectivity index (χ3v) is 21.9. The SMILES string of the molecule is N#Cc1ccc(-c2cc(-c3ccc4oc5ccc(-n6c7ccccc7c7cc(-c8ccc9c(c8)c8ccccc8n9-c8ccc(C#N)cc8)ccc76)cc5c4c3)nc(-c3ccc4oc5ccc(-n6c7ccccc7c7cc(-c8ccc9c(c8)c8ccccc8n9-c8ccc(C#N)cc8)ccc76)cc5c4c3)n2)cc1. The number of furan rings is 2. The molecule has 15 aromatic carbocycles. The van der Waals surface area contributed by atoms with E-state index >= 15 is 0 Å². The summed E-state index contributed by atoms with van der Waals surface area (Å²) in [6, 6.07) is 119. The standard InChI is InChI=1S/C97H53N9O2/c98-54-57-17-23-60(24-18-57)83-53-84(65-29-41-93-79(49-65)81-51-69(35-43-95(81)107-93)105-87-15-7-3-11-73(87)77-47-63(27-39-91(77)105)61-25-37-89-75(45-61)71-9-1-5-13-85(71)103(89)67-31-19-58(55-99)20-32-67)102-97(101-83)66-30-42-94-80(50-66)82-52-70(36-44-96(82)108-94)106-88-16-8-4-12-74(88)78-48-64(28-40-92(78)106)62-26-38-90-76(46-62)72-10-2-6-14-86(72)104(90)68-33-21-59(56-100)22-34-68/h1-53H. The predicted molar refractivity (Wildman–Crippen MR) is 435 cm³/mol. The molecule has 0 aliphatic carbocycles. The third-order valence-electron chi connectivity index (χ3n) is 21.9. The summed E-state index contributed by atoms with van der Waals surface area (Å²) >= 11 is 0. The maximum atomic E-state index is 9.87. The Kier molecular flexibility index (Phi) is 13.0. The van der Waals surface area contributed by atoms with Crippen molar-refractivity contribution in [2.75, 3.05) is 0 Å². The van der Waals surface area contributed by atoms with E-state index in [1.807, 2.05) is 97.1 Å². The van der Waals surface area contributed by atoms with Gasteiger partial charge in [-0.15, -0.1) is 0 Å². The summed E-state index contributed by atoms with van der Waals surface area (Å²) in [4.78, 5) is 10.7. The largest absolute Gasteiger partial charge is 0.456 e. The van der Waals surface area contributed by atoms with Gasteiger partial charge in [-0.3, -0.25) is 0 Å². The molecule has 0 aliphatic rings. The third kappa shape index (κ3) is 9.25. The van der Waals surface area contributed by atoms with Crippen LogP contribution in [0.4, 0.5) is 0 Å². The van der Waals surface area contributed by atoms with E-state index in [1.54, 1.807) is 0 Å². The Morgan fingerprint density at radius 3 is 0.861 bits per heavy atom. The van der Waals surface area contributed by atoms with Crippen molar-refractivity contribution in [2.24, 2.45) is 0 Å². The molecular weight excluding hydrogens is 1320 g/mol. The molecule has 7 heterocycles. The lowest BCUT2D eigenvalue weighted by atomic mass is 10.0. The van der Waals surface area contributed by atoms with Gasteiger partial charge in [0.05, 0.1) is 90.4 Å². The lowest BCUT2D eigenvalue weighted by Crippen LogP contribution is -1.96. The zero-order valence-electron chi connectivity index (χ0n) is 57.4. The fourth-order valence-electron chi connectivity index (χ4n) is 16.8. The van der Waals surface area contributed by atoms with Gasteiger partial charge in [-0.25, -0.2) is 9.97 Å². The number of fused-ring (bicyclic) bond motifs is 18. The van der Waals surface area contributed by atoms with Crippen molar-refractivity contribution in [3.05, 3.63) is 338 Å². The summed E-state index contributed by atoms with van der Waals surface area (Å²) in [6.45, 7) is 0. The average Bonchev–Trinajstić information content (AvgIpc) is 1.59. The van der Waals surface area contributed by atoms with Crippen LogP contribution in [0.3, 0.4) is 0 Å². The number of benzene rings is 15. The van der Waals surface area contributed by atoms with Gasteiger partial charge in [-0.1, -0.05) is 109 Å². The minimum absolute atomic E-state index is 0.537. The fraction of sp³-hybridized carbons (Fsp3) is 0. The van der Waals surface area contributed by atoms with E-state index in [9.17, 15) is 15.8 Å². The van der Waals surface area contributed by atoms with Gasteiger partial charge in [0.1, 0.15) is 22.3 Å². The number of rotatable bonds is 9. The normalized spacial score (nSPS) is 11.9. The Hall–Kier alpha value is -15.4. The van der Waals surface area contributed by atoms with Crippen LogP contribution in [0.2, 0.25) is 0 Å². The van der Waals surface area contributed by atoms with Crippen LogP contribution in [0.15, 0.2) is 330 Å². The van der Waals surface area contributed by atoms with Gasteiger partial charge in [-0.2, -0.15) is 15.8 Å². The Bertz CT molecular complexity index is 7340. The fourth-order valence-corrected chi connectivity index (χ4v) is 16.8. The van der Waals surface area contributed by atoms with Crippen molar-refractivity contribution >= 4 is 131 Å². The number of para-hydroxylation sites is 4. The molecule has 0 radical (unpaired) electrons. The number of hydrogen-bond donors (Lipinski definition) is 0. The van der Waals surface area contributed by atoms with E-state index in [0.717, 1.165) is 198 Å². The van der Waals surface area contributed by atoms with Gasteiger partial charge in [0.25, 0.3) is 0 Å². The van der Waals surface area contributed by atoms with Crippen molar-refractivity contribution in [1.82, 2.24) is 28.2 Å². The molecule has 498 valence electrons. The van der Waals surface area contributed by atoms with Crippen molar-refractivity contribution < 1.29 is 8.83 Å². The molecule has 0 amide bonds. The molecule has 11 heteroatoms. The van der Waals surface area contributed by atoms with Crippen LogP contribution in [-0.4, -0.2) is 28.2 Å². The molecule has 0 saturated carbocycles. The first-order valence-corrected chi connectivity index (χ1v) is 35.8. The molecule has 0 bridgehead atoms. The van der Waals surface area contributed by atoms with Gasteiger partial charge in [-0.05, 0) is 235 Å². The van der Waals surface area contributed by atoms with Crippen molar-refractivity contribution in [3.63, 3.8) is 0 Å². The number of nitriles is 3. The lowest BCUT2D eigenvalue weighted by molar-refractivity contribution is 0.668. The highest BCUT2D eigenvalue weighted by Gasteiger charge is 2.23. The van der Waals surface area contributed by atoms with E-state index in [4.69, 9.17) is 18.8 Å². The molecule has 0 atom stereocenters. The van der Waals surface area contributed by atoms with Crippen molar-refractivity contribution in [2.45, 2.75) is 0 Å². The quantitative estimate of drug-likeness (QED) is 0.140. The van der Waals surface area contributed by atoms with Crippen LogP contribution in [0, 0.1) is 34.0 Å². The summed E-state index contributed by atoms with van der Waals surface area (Å²) < 4.78 is 22.6. The molecule has 0 saturated heterocycles. The minimum Gasteiger partial charge on any atom is -0.456 e. The van der Waals surface area contributed by atoms with Gasteiger partial charge in [0.15, 0.2) is 5.82 Å². The molecule has 0 N–H and O–H groups in total. The molecular formula is C97H53N9O2. The Labute approximate surface area is 615 Å². The molecule has 7 aromatic heterocycles. The molecule has 22 rings (SSSR count). The first kappa shape index (κ1) is 60.3. The molecule has 0 aliphatic heterocycles. The van der Waals surface area contributed by atoms with E-state index < -0.39 is 0 Å². The zero-order chi connectivity index (χ0) is 71.4. The van der Waals surface area contributed by atoms with Crippen LogP contribution < -0.4 is 0 Å². The summed E-state index contributed by atoms with van der Waals surface area (Å²) in [6.07, 6.45) is 0. The summed E-state index contributed by atoms with van der Waals surface area (Å²) in [7, 11) is 0. The maximum absolute atomic E-state index is 9.87. The second-order valence-electron chi connectivity index (χ2n) is 27.8. The zero-order valence-corrected chi connectivity index (χ0v) is 57.4.